The molecule has 1 amide bonds. The third-order valence-electron chi connectivity index (χ3n) is 2.59. The van der Waals surface area contributed by atoms with Gasteiger partial charge in [0.2, 0.25) is 0 Å². The molecule has 0 atom stereocenters. The highest BCUT2D eigenvalue weighted by Gasteiger charge is 2.18. The maximum atomic E-state index is 12.0. The molecule has 0 saturated carbocycles. The van der Waals surface area contributed by atoms with Crippen molar-refractivity contribution in [2.24, 2.45) is 0 Å². The number of amides is 1. The highest BCUT2D eigenvalue weighted by atomic mass is 32.2. The van der Waals surface area contributed by atoms with Gasteiger partial charge in [0.15, 0.2) is 0 Å². The number of anilines is 2. The van der Waals surface area contributed by atoms with E-state index in [1.807, 2.05) is 4.72 Å². The van der Waals surface area contributed by atoms with E-state index < -0.39 is 15.9 Å². The van der Waals surface area contributed by atoms with Gasteiger partial charge in [0.25, 0.3) is 15.9 Å². The molecule has 0 radical (unpaired) electrons. The Morgan fingerprint density at radius 1 is 0.850 bits per heavy atom. The highest BCUT2D eigenvalue weighted by molar-refractivity contribution is 7.90. The largest absolute Gasteiger partial charge is 0.399 e. The second kappa shape index (κ2) is 5.22. The zero-order chi connectivity index (χ0) is 14.8. The molecule has 0 aliphatic heterocycles. The molecule has 2 aromatic rings. The molecule has 0 aliphatic carbocycles. The molecular formula is C13H13N3O3S. The Labute approximate surface area is 116 Å². The zero-order valence-corrected chi connectivity index (χ0v) is 11.2. The molecule has 0 bridgehead atoms. The summed E-state index contributed by atoms with van der Waals surface area (Å²) in [5, 5.41) is 0. The van der Waals surface area contributed by atoms with Gasteiger partial charge in [-0.05, 0) is 48.5 Å². The molecule has 0 aliphatic rings. The van der Waals surface area contributed by atoms with E-state index in [2.05, 4.69) is 0 Å². The minimum atomic E-state index is -3.92. The van der Waals surface area contributed by atoms with Crippen molar-refractivity contribution in [2.45, 2.75) is 4.90 Å². The average Bonchev–Trinajstić information content (AvgIpc) is 2.39. The molecule has 0 aromatic heterocycles. The SMILES string of the molecule is Nc1ccc(C(=O)NS(=O)(=O)c2ccc(N)cc2)cc1. The number of nitrogens with two attached hydrogens (primary N) is 2. The Bertz CT molecular complexity index is 722. The van der Waals surface area contributed by atoms with Crippen LogP contribution in [0.4, 0.5) is 11.4 Å². The molecule has 0 fully saturated rings. The lowest BCUT2D eigenvalue weighted by Crippen LogP contribution is -2.30. The topological polar surface area (TPSA) is 115 Å². The van der Waals surface area contributed by atoms with Gasteiger partial charge in [-0.15, -0.1) is 0 Å². The Morgan fingerprint density at radius 3 is 1.80 bits per heavy atom. The van der Waals surface area contributed by atoms with E-state index in [0.717, 1.165) is 0 Å². The lowest BCUT2D eigenvalue weighted by molar-refractivity contribution is 0.0981. The Kier molecular flexibility index (Phi) is 3.62. The first-order valence-corrected chi connectivity index (χ1v) is 7.15. The van der Waals surface area contributed by atoms with E-state index in [4.69, 9.17) is 11.5 Å². The van der Waals surface area contributed by atoms with Gasteiger partial charge >= 0.3 is 0 Å². The van der Waals surface area contributed by atoms with Crippen LogP contribution in [-0.4, -0.2) is 14.3 Å². The summed E-state index contributed by atoms with van der Waals surface area (Å²) >= 11 is 0. The minimum Gasteiger partial charge on any atom is -0.399 e. The van der Waals surface area contributed by atoms with Crippen LogP contribution in [0, 0.1) is 0 Å². The second-order valence-electron chi connectivity index (χ2n) is 4.13. The standard InChI is InChI=1S/C13H13N3O3S/c14-10-3-1-9(2-4-10)13(17)16-20(18,19)12-7-5-11(15)6-8-12/h1-8H,14-15H2,(H,16,17). The fraction of sp³-hybridized carbons (Fsp3) is 0. The van der Waals surface area contributed by atoms with E-state index in [0.29, 0.717) is 11.4 Å². The van der Waals surface area contributed by atoms with Crippen molar-refractivity contribution in [3.8, 4) is 0 Å². The maximum Gasteiger partial charge on any atom is 0.264 e. The molecule has 6 nitrogen and oxygen atoms in total. The molecule has 7 heteroatoms. The van der Waals surface area contributed by atoms with Crippen LogP contribution < -0.4 is 16.2 Å². The van der Waals surface area contributed by atoms with Crippen molar-refractivity contribution in [1.82, 2.24) is 4.72 Å². The number of benzene rings is 2. The van der Waals surface area contributed by atoms with E-state index >= 15 is 0 Å². The zero-order valence-electron chi connectivity index (χ0n) is 10.4. The van der Waals surface area contributed by atoms with Gasteiger partial charge in [-0.3, -0.25) is 4.79 Å². The molecule has 104 valence electrons. The molecule has 20 heavy (non-hydrogen) atoms. The lowest BCUT2D eigenvalue weighted by atomic mass is 10.2. The number of carbonyl (C=O) groups excluding carboxylic acids is 1. The fourth-order valence-electron chi connectivity index (χ4n) is 1.52. The Balaban J connectivity index is 2.22. The number of nitrogens with one attached hydrogen (secondary N) is 1. The number of sulfonamides is 1. The summed E-state index contributed by atoms with van der Waals surface area (Å²) in [5.41, 5.74) is 12.1. The molecular weight excluding hydrogens is 278 g/mol. The Hall–Kier alpha value is -2.54. The van der Waals surface area contributed by atoms with E-state index in [1.165, 1.54) is 48.5 Å². The van der Waals surface area contributed by atoms with Gasteiger partial charge in [0.1, 0.15) is 0 Å². The van der Waals surface area contributed by atoms with E-state index in [9.17, 15) is 13.2 Å². The predicted molar refractivity (Wildman–Crippen MR) is 76.4 cm³/mol. The van der Waals surface area contributed by atoms with Crippen molar-refractivity contribution in [3.63, 3.8) is 0 Å². The molecule has 0 spiro atoms. The number of rotatable bonds is 3. The van der Waals surface area contributed by atoms with Crippen molar-refractivity contribution >= 4 is 27.3 Å². The monoisotopic (exact) mass is 291 g/mol. The lowest BCUT2D eigenvalue weighted by Gasteiger charge is -2.07. The van der Waals surface area contributed by atoms with Crippen LogP contribution in [0.5, 0.6) is 0 Å². The maximum absolute atomic E-state index is 12.0. The van der Waals surface area contributed by atoms with Crippen LogP contribution in [0.3, 0.4) is 0 Å². The summed E-state index contributed by atoms with van der Waals surface area (Å²) < 4.78 is 26.0. The van der Waals surface area contributed by atoms with Crippen LogP contribution in [0.25, 0.3) is 0 Å². The van der Waals surface area contributed by atoms with Gasteiger partial charge in [0.05, 0.1) is 4.90 Å². The molecule has 0 unspecified atom stereocenters. The van der Waals surface area contributed by atoms with E-state index in [1.54, 1.807) is 0 Å². The molecule has 5 N–H and O–H groups in total. The summed E-state index contributed by atoms with van der Waals surface area (Å²) in [7, 11) is -3.92. The quantitative estimate of drug-likeness (QED) is 0.729. The van der Waals surface area contributed by atoms with Gasteiger partial charge in [-0.2, -0.15) is 0 Å². The van der Waals surface area contributed by atoms with Crippen LogP contribution in [0.15, 0.2) is 53.4 Å². The molecule has 2 aromatic carbocycles. The third kappa shape index (κ3) is 3.07. The van der Waals surface area contributed by atoms with Gasteiger partial charge in [-0.1, -0.05) is 0 Å². The molecule has 2 rings (SSSR count). The van der Waals surface area contributed by atoms with Gasteiger partial charge < -0.3 is 11.5 Å². The first kappa shape index (κ1) is 13.9. The number of hydrogen-bond acceptors (Lipinski definition) is 5. The van der Waals surface area contributed by atoms with E-state index in [-0.39, 0.29) is 10.5 Å². The second-order valence-corrected chi connectivity index (χ2v) is 5.81. The van der Waals surface area contributed by atoms with Crippen LogP contribution >= 0.6 is 0 Å². The van der Waals surface area contributed by atoms with Crippen molar-refractivity contribution in [3.05, 3.63) is 54.1 Å². The van der Waals surface area contributed by atoms with Crippen LogP contribution in [0.1, 0.15) is 10.4 Å². The van der Waals surface area contributed by atoms with Crippen LogP contribution in [-0.2, 0) is 10.0 Å². The van der Waals surface area contributed by atoms with Gasteiger partial charge in [-0.25, -0.2) is 13.1 Å². The van der Waals surface area contributed by atoms with Crippen LogP contribution in [0.2, 0.25) is 0 Å². The smallest absolute Gasteiger partial charge is 0.264 e. The first-order valence-electron chi connectivity index (χ1n) is 5.67. The summed E-state index contributed by atoms with van der Waals surface area (Å²) in [6.45, 7) is 0. The third-order valence-corrected chi connectivity index (χ3v) is 3.94. The fourth-order valence-corrected chi connectivity index (χ4v) is 2.50. The first-order chi connectivity index (χ1) is 9.38. The van der Waals surface area contributed by atoms with Gasteiger partial charge in [0, 0.05) is 16.9 Å². The van der Waals surface area contributed by atoms with Crippen molar-refractivity contribution < 1.29 is 13.2 Å². The molecule has 0 heterocycles. The predicted octanol–water partition coefficient (Wildman–Crippen LogP) is 0.970. The van der Waals surface area contributed by atoms with Crippen molar-refractivity contribution in [1.29, 1.82) is 0 Å². The Morgan fingerprint density at radius 2 is 1.30 bits per heavy atom. The number of hydrogen-bond donors (Lipinski definition) is 3. The average molecular weight is 291 g/mol. The normalized spacial score (nSPS) is 11.0. The summed E-state index contributed by atoms with van der Waals surface area (Å²) in [6.07, 6.45) is 0. The summed E-state index contributed by atoms with van der Waals surface area (Å²) in [5.74, 6) is -0.721. The summed E-state index contributed by atoms with van der Waals surface area (Å²) in [4.78, 5) is 11.8. The highest BCUT2D eigenvalue weighted by Crippen LogP contribution is 2.12. The molecule has 0 saturated heterocycles. The number of nitrogen functional groups attached to an aromatic ring is 2. The van der Waals surface area contributed by atoms with Crippen molar-refractivity contribution in [2.75, 3.05) is 11.5 Å². The minimum absolute atomic E-state index is 0.0319. The summed E-state index contributed by atoms with van der Waals surface area (Å²) in [6, 6.07) is 11.5. The number of carbonyl (C=O) groups is 1.